The maximum absolute atomic E-state index is 11.8. The molecule has 18 heavy (non-hydrogen) atoms. The van der Waals surface area contributed by atoms with E-state index in [1.807, 2.05) is 17.5 Å². The van der Waals surface area contributed by atoms with Crippen LogP contribution in [0.25, 0.3) is 0 Å². The first-order valence-corrected chi connectivity index (χ1v) is 6.72. The third-order valence-electron chi connectivity index (χ3n) is 2.17. The minimum atomic E-state index is -0.232. The number of nitrogens with zero attached hydrogens (tertiary/aromatic N) is 2. The number of carbonyl (C=O) groups excluding carboxylic acids is 1. The van der Waals surface area contributed by atoms with Crippen molar-refractivity contribution in [2.24, 2.45) is 0 Å². The van der Waals surface area contributed by atoms with Gasteiger partial charge in [0.25, 0.3) is 5.91 Å². The summed E-state index contributed by atoms with van der Waals surface area (Å²) in [6.45, 7) is 0.464. The van der Waals surface area contributed by atoms with Gasteiger partial charge < -0.3 is 5.32 Å². The highest BCUT2D eigenvalue weighted by Gasteiger charge is 2.07. The molecule has 1 N–H and O–H groups in total. The van der Waals surface area contributed by atoms with E-state index in [4.69, 9.17) is 5.26 Å². The summed E-state index contributed by atoms with van der Waals surface area (Å²) in [4.78, 5) is 16.7. The number of nitriles is 1. The molecule has 0 unspecified atom stereocenters. The van der Waals surface area contributed by atoms with Crippen molar-refractivity contribution >= 4 is 33.2 Å². The van der Waals surface area contributed by atoms with Gasteiger partial charge in [-0.2, -0.15) is 5.26 Å². The molecule has 0 saturated heterocycles. The molecule has 0 aliphatic heterocycles. The van der Waals surface area contributed by atoms with Crippen molar-refractivity contribution < 1.29 is 4.79 Å². The minimum absolute atomic E-state index is 0.232. The van der Waals surface area contributed by atoms with Crippen molar-refractivity contribution in [3.63, 3.8) is 0 Å². The first-order chi connectivity index (χ1) is 8.69. The molecule has 0 radical (unpaired) electrons. The Hall–Kier alpha value is -1.71. The lowest BCUT2D eigenvalue weighted by molar-refractivity contribution is 0.0951. The Kier molecular flexibility index (Phi) is 4.07. The predicted octanol–water partition coefficient (Wildman–Crippen LogP) is 2.71. The zero-order valence-electron chi connectivity index (χ0n) is 9.18. The summed E-state index contributed by atoms with van der Waals surface area (Å²) in [7, 11) is 0. The van der Waals surface area contributed by atoms with E-state index in [1.54, 1.807) is 11.3 Å². The predicted molar refractivity (Wildman–Crippen MR) is 72.1 cm³/mol. The fraction of sp³-hybridized carbons (Fsp3) is 0.0833. The highest BCUT2D eigenvalue weighted by Crippen LogP contribution is 2.19. The quantitative estimate of drug-likeness (QED) is 0.945. The molecular formula is C12H8BrN3OS. The van der Waals surface area contributed by atoms with E-state index in [2.05, 4.69) is 26.2 Å². The van der Waals surface area contributed by atoms with Crippen molar-refractivity contribution in [2.75, 3.05) is 0 Å². The van der Waals surface area contributed by atoms with Gasteiger partial charge in [-0.05, 0) is 28.1 Å². The molecule has 4 nitrogen and oxygen atoms in total. The standard InChI is InChI=1S/C12H8BrN3OS/c13-10-2-11(18-7-10)6-16-12(17)9-1-8(3-14)4-15-5-9/h1-2,4-5,7H,6H2,(H,16,17). The molecule has 2 aromatic rings. The molecule has 0 spiro atoms. The number of carbonyl (C=O) groups is 1. The molecule has 90 valence electrons. The molecular weight excluding hydrogens is 314 g/mol. The first-order valence-electron chi connectivity index (χ1n) is 5.05. The van der Waals surface area contributed by atoms with Gasteiger partial charge in [-0.1, -0.05) is 0 Å². The van der Waals surface area contributed by atoms with Gasteiger partial charge in [0.2, 0.25) is 0 Å². The molecule has 2 aromatic heterocycles. The molecule has 1 amide bonds. The van der Waals surface area contributed by atoms with E-state index < -0.39 is 0 Å². The second kappa shape index (κ2) is 5.76. The smallest absolute Gasteiger partial charge is 0.253 e. The van der Waals surface area contributed by atoms with Gasteiger partial charge >= 0.3 is 0 Å². The first kappa shape index (κ1) is 12.7. The molecule has 0 bridgehead atoms. The van der Waals surface area contributed by atoms with Crippen LogP contribution in [0.2, 0.25) is 0 Å². The SMILES string of the molecule is N#Cc1cncc(C(=O)NCc2cc(Br)cs2)c1. The van der Waals surface area contributed by atoms with Crippen molar-refractivity contribution in [3.8, 4) is 6.07 Å². The molecule has 0 saturated carbocycles. The van der Waals surface area contributed by atoms with Crippen molar-refractivity contribution in [1.29, 1.82) is 5.26 Å². The van der Waals surface area contributed by atoms with Crippen LogP contribution >= 0.6 is 27.3 Å². The van der Waals surface area contributed by atoms with E-state index >= 15 is 0 Å². The average molecular weight is 322 g/mol. The molecule has 6 heteroatoms. The molecule has 0 atom stereocenters. The third kappa shape index (κ3) is 3.15. The zero-order chi connectivity index (χ0) is 13.0. The number of rotatable bonds is 3. The summed E-state index contributed by atoms with van der Waals surface area (Å²) in [6.07, 6.45) is 2.87. The Morgan fingerprint density at radius 2 is 2.33 bits per heavy atom. The van der Waals surface area contributed by atoms with Crippen molar-refractivity contribution in [3.05, 3.63) is 50.4 Å². The Labute approximate surface area is 116 Å². The number of halogens is 1. The summed E-state index contributed by atoms with van der Waals surface area (Å²) in [5, 5.41) is 13.5. The molecule has 2 rings (SSSR count). The van der Waals surface area contributed by atoms with E-state index in [0.717, 1.165) is 9.35 Å². The molecule has 0 aliphatic carbocycles. The van der Waals surface area contributed by atoms with Gasteiger partial charge in [0.15, 0.2) is 0 Å². The van der Waals surface area contributed by atoms with Crippen LogP contribution in [0.5, 0.6) is 0 Å². The molecule has 0 aliphatic rings. The van der Waals surface area contributed by atoms with Gasteiger partial charge in [-0.3, -0.25) is 9.78 Å². The molecule has 2 heterocycles. The van der Waals surface area contributed by atoms with E-state index in [1.165, 1.54) is 18.5 Å². The second-order valence-electron chi connectivity index (χ2n) is 3.49. The number of pyridine rings is 1. The Morgan fingerprint density at radius 3 is 3.00 bits per heavy atom. The number of nitrogens with one attached hydrogen (secondary N) is 1. The van der Waals surface area contributed by atoms with Crippen LogP contribution in [0.4, 0.5) is 0 Å². The molecule has 0 aromatic carbocycles. The second-order valence-corrected chi connectivity index (χ2v) is 5.40. The summed E-state index contributed by atoms with van der Waals surface area (Å²) >= 11 is 4.92. The topological polar surface area (TPSA) is 65.8 Å². The Balaban J connectivity index is 2.01. The van der Waals surface area contributed by atoms with Crippen LogP contribution in [-0.4, -0.2) is 10.9 Å². The number of hydrogen-bond acceptors (Lipinski definition) is 4. The molecule has 0 fully saturated rings. The normalized spacial score (nSPS) is 9.78. The fourth-order valence-electron chi connectivity index (χ4n) is 1.34. The zero-order valence-corrected chi connectivity index (χ0v) is 11.6. The summed E-state index contributed by atoms with van der Waals surface area (Å²) in [5.41, 5.74) is 0.770. The minimum Gasteiger partial charge on any atom is -0.347 e. The van der Waals surface area contributed by atoms with Gasteiger partial charge in [-0.15, -0.1) is 11.3 Å². The van der Waals surface area contributed by atoms with Crippen LogP contribution in [0, 0.1) is 11.3 Å². The van der Waals surface area contributed by atoms with Gasteiger partial charge in [0.05, 0.1) is 17.7 Å². The summed E-state index contributed by atoms with van der Waals surface area (Å²) in [6, 6.07) is 5.43. The summed E-state index contributed by atoms with van der Waals surface area (Å²) in [5.74, 6) is -0.232. The number of aromatic nitrogens is 1. The lowest BCUT2D eigenvalue weighted by Gasteiger charge is -2.03. The van der Waals surface area contributed by atoms with Crippen LogP contribution in [0.1, 0.15) is 20.8 Å². The maximum Gasteiger partial charge on any atom is 0.253 e. The average Bonchev–Trinajstić information content (AvgIpc) is 2.82. The lowest BCUT2D eigenvalue weighted by atomic mass is 10.2. The Morgan fingerprint density at radius 1 is 1.50 bits per heavy atom. The van der Waals surface area contributed by atoms with E-state index in [-0.39, 0.29) is 5.91 Å². The van der Waals surface area contributed by atoms with Gasteiger partial charge in [0.1, 0.15) is 6.07 Å². The monoisotopic (exact) mass is 321 g/mol. The Bertz CT molecular complexity index is 618. The third-order valence-corrected chi connectivity index (χ3v) is 3.87. The van der Waals surface area contributed by atoms with Crippen LogP contribution in [0.15, 0.2) is 34.4 Å². The van der Waals surface area contributed by atoms with Crippen LogP contribution in [-0.2, 0) is 6.54 Å². The van der Waals surface area contributed by atoms with E-state index in [9.17, 15) is 4.79 Å². The van der Waals surface area contributed by atoms with Crippen LogP contribution in [0.3, 0.4) is 0 Å². The number of thiophene rings is 1. The van der Waals surface area contributed by atoms with Gasteiger partial charge in [-0.25, -0.2) is 0 Å². The highest BCUT2D eigenvalue weighted by atomic mass is 79.9. The number of amides is 1. The van der Waals surface area contributed by atoms with E-state index in [0.29, 0.717) is 17.7 Å². The largest absolute Gasteiger partial charge is 0.347 e. The van der Waals surface area contributed by atoms with Crippen molar-refractivity contribution in [1.82, 2.24) is 10.3 Å². The number of hydrogen-bond donors (Lipinski definition) is 1. The van der Waals surface area contributed by atoms with Gasteiger partial charge in [0, 0.05) is 27.1 Å². The lowest BCUT2D eigenvalue weighted by Crippen LogP contribution is -2.22. The highest BCUT2D eigenvalue weighted by molar-refractivity contribution is 9.10. The maximum atomic E-state index is 11.8. The summed E-state index contributed by atoms with van der Waals surface area (Å²) < 4.78 is 1.00. The fourth-order valence-corrected chi connectivity index (χ4v) is 2.73. The van der Waals surface area contributed by atoms with Crippen molar-refractivity contribution in [2.45, 2.75) is 6.54 Å². The van der Waals surface area contributed by atoms with Crippen LogP contribution < -0.4 is 5.32 Å².